The normalized spacial score (nSPS) is 11.2. The van der Waals surface area contributed by atoms with E-state index >= 15 is 0 Å². The number of nitrogens with zero attached hydrogens (tertiary/aromatic N) is 4. The SMILES string of the molecule is CN(C(=O)Cn1ccc2c(Oc3cc(C#N)cc(C(F)(F)F)n3)cccc21)c1ccccc1. The van der Waals surface area contributed by atoms with Crippen LogP contribution in [0.1, 0.15) is 11.3 Å². The number of carbonyl (C=O) groups is 1. The highest BCUT2D eigenvalue weighted by atomic mass is 19.4. The van der Waals surface area contributed by atoms with E-state index in [0.29, 0.717) is 17.0 Å². The molecule has 2 heterocycles. The maximum atomic E-state index is 13.1. The van der Waals surface area contributed by atoms with Gasteiger partial charge < -0.3 is 14.2 Å². The largest absolute Gasteiger partial charge is 0.438 e. The fourth-order valence-corrected chi connectivity index (χ4v) is 3.35. The number of pyridine rings is 1. The summed E-state index contributed by atoms with van der Waals surface area (Å²) in [5.41, 5.74) is -0.0100. The molecule has 4 rings (SSSR count). The Hall–Kier alpha value is -4.32. The highest BCUT2D eigenvalue weighted by molar-refractivity contribution is 5.94. The molecule has 6 nitrogen and oxygen atoms in total. The molecule has 0 spiro atoms. The predicted octanol–water partition coefficient (Wildman–Crippen LogP) is 5.38. The highest BCUT2D eigenvalue weighted by Crippen LogP contribution is 2.33. The number of nitriles is 1. The first-order valence-corrected chi connectivity index (χ1v) is 9.83. The van der Waals surface area contributed by atoms with Crippen LogP contribution < -0.4 is 9.64 Å². The van der Waals surface area contributed by atoms with Gasteiger partial charge >= 0.3 is 6.18 Å². The summed E-state index contributed by atoms with van der Waals surface area (Å²) in [5, 5.41) is 9.65. The Morgan fingerprint density at radius 1 is 1.12 bits per heavy atom. The Bertz CT molecular complexity index is 1360. The third kappa shape index (κ3) is 4.65. The number of aromatic nitrogens is 2. The van der Waals surface area contributed by atoms with Gasteiger partial charge in [0, 0.05) is 30.4 Å². The zero-order valence-corrected chi connectivity index (χ0v) is 17.4. The van der Waals surface area contributed by atoms with Crippen molar-refractivity contribution in [3.05, 3.63) is 84.2 Å². The monoisotopic (exact) mass is 450 g/mol. The van der Waals surface area contributed by atoms with Gasteiger partial charge in [-0.25, -0.2) is 4.98 Å². The Kier molecular flexibility index (Phi) is 5.75. The summed E-state index contributed by atoms with van der Waals surface area (Å²) in [6.07, 6.45) is -3.01. The topological polar surface area (TPSA) is 71.2 Å². The molecule has 4 aromatic rings. The van der Waals surface area contributed by atoms with E-state index in [-0.39, 0.29) is 29.6 Å². The van der Waals surface area contributed by atoms with Gasteiger partial charge in [-0.2, -0.15) is 18.4 Å². The lowest BCUT2D eigenvalue weighted by atomic mass is 10.2. The third-order valence-electron chi connectivity index (χ3n) is 5.03. The quantitative estimate of drug-likeness (QED) is 0.409. The molecule has 2 aromatic heterocycles. The van der Waals surface area contributed by atoms with Gasteiger partial charge in [0.25, 0.3) is 0 Å². The van der Waals surface area contributed by atoms with Crippen molar-refractivity contribution in [1.82, 2.24) is 9.55 Å². The van der Waals surface area contributed by atoms with Crippen LogP contribution in [0.2, 0.25) is 0 Å². The van der Waals surface area contributed by atoms with Crippen LogP contribution in [0, 0.1) is 11.3 Å². The number of fused-ring (bicyclic) bond motifs is 1. The molecule has 1 amide bonds. The highest BCUT2D eigenvalue weighted by Gasteiger charge is 2.33. The van der Waals surface area contributed by atoms with Crippen LogP contribution in [0.25, 0.3) is 10.9 Å². The Morgan fingerprint density at radius 2 is 1.88 bits per heavy atom. The van der Waals surface area contributed by atoms with Crippen molar-refractivity contribution in [1.29, 1.82) is 5.26 Å². The minimum absolute atomic E-state index is 0.0543. The van der Waals surface area contributed by atoms with Crippen LogP contribution in [0.4, 0.5) is 18.9 Å². The maximum absolute atomic E-state index is 13.1. The molecular formula is C24H17F3N4O2. The minimum atomic E-state index is -4.72. The Balaban J connectivity index is 1.62. The fourth-order valence-electron chi connectivity index (χ4n) is 3.35. The van der Waals surface area contributed by atoms with Gasteiger partial charge in [-0.3, -0.25) is 4.79 Å². The smallest absolute Gasteiger partial charge is 0.433 e. The minimum Gasteiger partial charge on any atom is -0.438 e. The summed E-state index contributed by atoms with van der Waals surface area (Å²) in [6.45, 7) is 0.0543. The first-order valence-electron chi connectivity index (χ1n) is 9.83. The molecule has 0 radical (unpaired) electrons. The summed E-state index contributed by atoms with van der Waals surface area (Å²) in [6, 6.07) is 19.4. The van der Waals surface area contributed by atoms with Crippen LogP contribution in [-0.4, -0.2) is 22.5 Å². The van der Waals surface area contributed by atoms with Crippen LogP contribution >= 0.6 is 0 Å². The van der Waals surface area contributed by atoms with Crippen molar-refractivity contribution >= 4 is 22.5 Å². The number of hydrogen-bond donors (Lipinski definition) is 0. The van der Waals surface area contributed by atoms with Gasteiger partial charge in [-0.15, -0.1) is 0 Å². The molecule has 0 N–H and O–H groups in total. The van der Waals surface area contributed by atoms with Crippen molar-refractivity contribution in [2.24, 2.45) is 0 Å². The van der Waals surface area contributed by atoms with Gasteiger partial charge in [-0.1, -0.05) is 24.3 Å². The lowest BCUT2D eigenvalue weighted by Crippen LogP contribution is -2.29. The van der Waals surface area contributed by atoms with Gasteiger partial charge in [0.2, 0.25) is 11.8 Å². The average molecular weight is 450 g/mol. The van der Waals surface area contributed by atoms with Crippen molar-refractivity contribution in [2.75, 3.05) is 11.9 Å². The molecule has 0 atom stereocenters. The Morgan fingerprint density at radius 3 is 2.58 bits per heavy atom. The summed E-state index contributed by atoms with van der Waals surface area (Å²) in [7, 11) is 1.68. The lowest BCUT2D eigenvalue weighted by Gasteiger charge is -2.18. The van der Waals surface area contributed by atoms with E-state index in [2.05, 4.69) is 4.98 Å². The molecule has 166 valence electrons. The fraction of sp³-hybridized carbons (Fsp3) is 0.125. The maximum Gasteiger partial charge on any atom is 0.433 e. The number of amides is 1. The number of alkyl halides is 3. The van der Waals surface area contributed by atoms with Gasteiger partial charge in [0.1, 0.15) is 18.0 Å². The first kappa shape index (κ1) is 21.9. The predicted molar refractivity (Wildman–Crippen MR) is 116 cm³/mol. The Labute approximate surface area is 187 Å². The summed E-state index contributed by atoms with van der Waals surface area (Å²) in [5.74, 6) is -0.240. The summed E-state index contributed by atoms with van der Waals surface area (Å²) < 4.78 is 46.7. The number of anilines is 1. The molecule has 0 aliphatic carbocycles. The van der Waals surface area contributed by atoms with Crippen LogP contribution in [0.15, 0.2) is 72.9 Å². The summed E-state index contributed by atoms with van der Waals surface area (Å²) in [4.78, 5) is 17.8. The molecule has 0 aliphatic heterocycles. The summed E-state index contributed by atoms with van der Waals surface area (Å²) >= 11 is 0. The molecular weight excluding hydrogens is 433 g/mol. The lowest BCUT2D eigenvalue weighted by molar-refractivity contribution is -0.141. The molecule has 0 aliphatic rings. The van der Waals surface area contributed by atoms with Crippen LogP contribution in [0.5, 0.6) is 11.6 Å². The van der Waals surface area contributed by atoms with E-state index in [1.54, 1.807) is 53.0 Å². The average Bonchev–Trinajstić information content (AvgIpc) is 3.22. The second-order valence-corrected chi connectivity index (χ2v) is 7.21. The third-order valence-corrected chi connectivity index (χ3v) is 5.03. The van der Waals surface area contributed by atoms with Crippen molar-refractivity contribution in [2.45, 2.75) is 12.7 Å². The van der Waals surface area contributed by atoms with Crippen molar-refractivity contribution in [3.63, 3.8) is 0 Å². The number of carbonyl (C=O) groups excluding carboxylic acids is 1. The zero-order chi connectivity index (χ0) is 23.6. The van der Waals surface area contributed by atoms with Crippen LogP contribution in [-0.2, 0) is 17.5 Å². The second kappa shape index (κ2) is 8.67. The van der Waals surface area contributed by atoms with E-state index < -0.39 is 11.9 Å². The zero-order valence-electron chi connectivity index (χ0n) is 17.4. The molecule has 2 aromatic carbocycles. The number of hydrogen-bond acceptors (Lipinski definition) is 4. The standard InChI is InChI=1S/C24H17F3N4O2/c1-30(17-6-3-2-4-7-17)23(32)15-31-11-10-18-19(31)8-5-9-20(18)33-22-13-16(14-28)12-21(29-22)24(25,26)27/h2-13H,15H2,1H3. The number of likely N-dealkylation sites (N-methyl/N-ethyl adjacent to an activating group) is 1. The number of para-hydroxylation sites is 1. The molecule has 9 heteroatoms. The van der Waals surface area contributed by atoms with E-state index in [4.69, 9.17) is 10.00 Å². The second-order valence-electron chi connectivity index (χ2n) is 7.21. The van der Waals surface area contributed by atoms with E-state index in [9.17, 15) is 18.0 Å². The first-order chi connectivity index (χ1) is 15.8. The molecule has 0 bridgehead atoms. The number of halogens is 3. The van der Waals surface area contributed by atoms with Gasteiger partial charge in [-0.05, 0) is 36.4 Å². The molecule has 0 unspecified atom stereocenters. The van der Waals surface area contributed by atoms with Crippen molar-refractivity contribution < 1.29 is 22.7 Å². The van der Waals surface area contributed by atoms with Crippen molar-refractivity contribution in [3.8, 4) is 17.7 Å². The van der Waals surface area contributed by atoms with Crippen LogP contribution in [0.3, 0.4) is 0 Å². The molecule has 0 saturated heterocycles. The number of ether oxygens (including phenoxy) is 1. The van der Waals surface area contributed by atoms with Gasteiger partial charge in [0.05, 0.1) is 17.1 Å². The van der Waals surface area contributed by atoms with E-state index in [1.165, 1.54) is 0 Å². The van der Waals surface area contributed by atoms with E-state index in [0.717, 1.165) is 11.8 Å². The molecule has 0 saturated carbocycles. The number of benzene rings is 2. The van der Waals surface area contributed by atoms with Gasteiger partial charge in [0.15, 0.2) is 0 Å². The van der Waals surface area contributed by atoms with E-state index in [1.807, 2.05) is 30.3 Å². The molecule has 33 heavy (non-hydrogen) atoms. The molecule has 0 fully saturated rings. The number of rotatable bonds is 5.